The highest BCUT2D eigenvalue weighted by Gasteiger charge is 2.25. The smallest absolute Gasteiger partial charge is 0.242 e. The van der Waals surface area contributed by atoms with Gasteiger partial charge in [0.05, 0.1) is 10.0 Å². The number of likely N-dealkylation sites (N-methyl/N-ethyl adjacent to an activating group) is 1. The van der Waals surface area contributed by atoms with Gasteiger partial charge in [0, 0.05) is 24.5 Å². The van der Waals surface area contributed by atoms with Crippen LogP contribution in [-0.2, 0) is 22.6 Å². The number of hydrogen-bond acceptors (Lipinski definition) is 2. The fourth-order valence-electron chi connectivity index (χ4n) is 2.83. The molecule has 4 nitrogen and oxygen atoms in total. The first-order valence-electron chi connectivity index (χ1n) is 9.08. The normalized spacial score (nSPS) is 11.8. The molecule has 2 rings (SSSR count). The molecule has 0 aromatic heterocycles. The van der Waals surface area contributed by atoms with Crippen molar-refractivity contribution in [1.82, 2.24) is 10.2 Å². The van der Waals surface area contributed by atoms with E-state index in [2.05, 4.69) is 5.32 Å². The molecule has 150 valence electrons. The lowest BCUT2D eigenvalue weighted by atomic mass is 10.1. The third-order valence-electron chi connectivity index (χ3n) is 4.42. The molecule has 0 bridgehead atoms. The Kier molecular flexibility index (Phi) is 8.61. The molecule has 1 atom stereocenters. The highest BCUT2D eigenvalue weighted by molar-refractivity contribution is 6.42. The molecule has 0 spiro atoms. The number of halogens is 3. The van der Waals surface area contributed by atoms with E-state index in [4.69, 9.17) is 34.8 Å². The monoisotopic (exact) mass is 440 g/mol. The van der Waals surface area contributed by atoms with Crippen molar-refractivity contribution in [2.45, 2.75) is 39.3 Å². The van der Waals surface area contributed by atoms with Gasteiger partial charge in [0.2, 0.25) is 11.8 Å². The van der Waals surface area contributed by atoms with Crippen LogP contribution in [0, 0.1) is 0 Å². The number of hydrogen-bond donors (Lipinski definition) is 1. The number of carbonyl (C=O) groups is 2. The second kappa shape index (κ2) is 10.7. The van der Waals surface area contributed by atoms with Gasteiger partial charge < -0.3 is 10.2 Å². The zero-order chi connectivity index (χ0) is 20.7. The van der Waals surface area contributed by atoms with Crippen molar-refractivity contribution in [3.8, 4) is 0 Å². The molecule has 2 amide bonds. The summed E-state index contributed by atoms with van der Waals surface area (Å²) in [6.07, 6.45) is 0.743. The summed E-state index contributed by atoms with van der Waals surface area (Å²) in [6.45, 7) is 4.32. The van der Waals surface area contributed by atoms with Gasteiger partial charge in [-0.3, -0.25) is 9.59 Å². The fourth-order valence-corrected chi connectivity index (χ4v) is 3.38. The van der Waals surface area contributed by atoms with Crippen molar-refractivity contribution in [3.05, 3.63) is 68.7 Å². The van der Waals surface area contributed by atoms with Crippen LogP contribution in [-0.4, -0.2) is 29.3 Å². The molecule has 2 aromatic rings. The molecule has 0 aliphatic heterocycles. The third-order valence-corrected chi connectivity index (χ3v) is 5.53. The van der Waals surface area contributed by atoms with E-state index < -0.39 is 6.04 Å². The van der Waals surface area contributed by atoms with Crippen molar-refractivity contribution in [2.24, 2.45) is 0 Å². The molecule has 1 N–H and O–H groups in total. The Morgan fingerprint density at radius 2 is 1.75 bits per heavy atom. The van der Waals surface area contributed by atoms with Crippen molar-refractivity contribution in [1.29, 1.82) is 0 Å². The second-order valence-corrected chi connectivity index (χ2v) is 7.65. The first-order chi connectivity index (χ1) is 13.3. The first kappa shape index (κ1) is 22.5. The van der Waals surface area contributed by atoms with E-state index in [1.54, 1.807) is 36.1 Å². The van der Waals surface area contributed by atoms with Crippen molar-refractivity contribution >= 4 is 46.6 Å². The van der Waals surface area contributed by atoms with Gasteiger partial charge in [-0.2, -0.15) is 0 Å². The molecular weight excluding hydrogens is 419 g/mol. The number of benzene rings is 2. The minimum atomic E-state index is -0.617. The Labute approximate surface area is 180 Å². The van der Waals surface area contributed by atoms with E-state index in [-0.39, 0.29) is 24.8 Å². The zero-order valence-corrected chi connectivity index (χ0v) is 18.1. The van der Waals surface area contributed by atoms with Crippen LogP contribution in [0.25, 0.3) is 0 Å². The van der Waals surface area contributed by atoms with Crippen LogP contribution in [0.2, 0.25) is 15.1 Å². The zero-order valence-electron chi connectivity index (χ0n) is 15.8. The van der Waals surface area contributed by atoms with Crippen LogP contribution in [0.5, 0.6) is 0 Å². The summed E-state index contributed by atoms with van der Waals surface area (Å²) < 4.78 is 0. The molecule has 0 unspecified atom stereocenters. The molecule has 0 aliphatic rings. The van der Waals surface area contributed by atoms with Crippen molar-refractivity contribution < 1.29 is 9.59 Å². The lowest BCUT2D eigenvalue weighted by Crippen LogP contribution is -2.47. The van der Waals surface area contributed by atoms with Gasteiger partial charge in [0.15, 0.2) is 0 Å². The average Bonchev–Trinajstić information content (AvgIpc) is 2.67. The highest BCUT2D eigenvalue weighted by Crippen LogP contribution is 2.24. The van der Waals surface area contributed by atoms with Gasteiger partial charge in [0.25, 0.3) is 0 Å². The van der Waals surface area contributed by atoms with Gasteiger partial charge in [-0.25, -0.2) is 0 Å². The lowest BCUT2D eigenvalue weighted by Gasteiger charge is -2.29. The van der Waals surface area contributed by atoms with E-state index in [1.165, 1.54) is 0 Å². The van der Waals surface area contributed by atoms with Crippen LogP contribution in [0.15, 0.2) is 42.5 Å². The summed E-state index contributed by atoms with van der Waals surface area (Å²) >= 11 is 18.3. The summed E-state index contributed by atoms with van der Waals surface area (Å²) in [4.78, 5) is 26.9. The van der Waals surface area contributed by atoms with E-state index in [9.17, 15) is 9.59 Å². The SMILES string of the molecule is CCNC(=O)[C@@H](C)N(Cc1ccc(Cl)c(Cl)c1)C(=O)CCc1ccccc1Cl. The van der Waals surface area contributed by atoms with E-state index in [0.29, 0.717) is 28.0 Å². The van der Waals surface area contributed by atoms with E-state index in [1.807, 2.05) is 25.1 Å². The molecule has 2 aromatic carbocycles. The topological polar surface area (TPSA) is 49.4 Å². The maximum absolute atomic E-state index is 13.0. The molecule has 0 aliphatic carbocycles. The summed E-state index contributed by atoms with van der Waals surface area (Å²) in [5, 5.41) is 4.25. The predicted octanol–water partition coefficient (Wildman–Crippen LogP) is 5.13. The Balaban J connectivity index is 2.18. The third kappa shape index (κ3) is 6.13. The maximum atomic E-state index is 13.0. The first-order valence-corrected chi connectivity index (χ1v) is 10.2. The molecule has 0 radical (unpaired) electrons. The highest BCUT2D eigenvalue weighted by atomic mass is 35.5. The number of amides is 2. The quantitative estimate of drug-likeness (QED) is 0.617. The average molecular weight is 442 g/mol. The largest absolute Gasteiger partial charge is 0.355 e. The van der Waals surface area contributed by atoms with Crippen LogP contribution in [0.3, 0.4) is 0 Å². The fraction of sp³-hybridized carbons (Fsp3) is 0.333. The summed E-state index contributed by atoms with van der Waals surface area (Å²) in [5.41, 5.74) is 1.70. The van der Waals surface area contributed by atoms with Crippen LogP contribution in [0.1, 0.15) is 31.4 Å². The van der Waals surface area contributed by atoms with Gasteiger partial charge >= 0.3 is 0 Å². The number of nitrogens with zero attached hydrogens (tertiary/aromatic N) is 1. The number of carbonyl (C=O) groups excluding carboxylic acids is 2. The van der Waals surface area contributed by atoms with Gasteiger partial charge in [0.1, 0.15) is 6.04 Å². The number of rotatable bonds is 8. The molecular formula is C21H23Cl3N2O2. The Morgan fingerprint density at radius 3 is 2.39 bits per heavy atom. The summed E-state index contributed by atoms with van der Waals surface area (Å²) in [6, 6.07) is 12.0. The molecule has 0 saturated carbocycles. The Morgan fingerprint density at radius 1 is 1.04 bits per heavy atom. The van der Waals surface area contributed by atoms with Gasteiger partial charge in [-0.1, -0.05) is 59.1 Å². The van der Waals surface area contributed by atoms with Crippen LogP contribution < -0.4 is 5.32 Å². The van der Waals surface area contributed by atoms with Crippen molar-refractivity contribution in [2.75, 3.05) is 6.54 Å². The van der Waals surface area contributed by atoms with Gasteiger partial charge in [-0.05, 0) is 49.6 Å². The molecule has 0 saturated heterocycles. The molecule has 28 heavy (non-hydrogen) atoms. The van der Waals surface area contributed by atoms with E-state index >= 15 is 0 Å². The van der Waals surface area contributed by atoms with Crippen LogP contribution >= 0.6 is 34.8 Å². The minimum absolute atomic E-state index is 0.134. The number of nitrogens with one attached hydrogen (secondary N) is 1. The van der Waals surface area contributed by atoms with Gasteiger partial charge in [-0.15, -0.1) is 0 Å². The molecule has 0 fully saturated rings. The summed E-state index contributed by atoms with van der Waals surface area (Å²) in [7, 11) is 0. The number of aryl methyl sites for hydroxylation is 1. The lowest BCUT2D eigenvalue weighted by molar-refractivity contribution is -0.140. The Hall–Kier alpha value is -1.75. The van der Waals surface area contributed by atoms with Crippen LogP contribution in [0.4, 0.5) is 0 Å². The standard InChI is InChI=1S/C21H23Cl3N2O2/c1-3-25-21(28)14(2)26(13-15-8-10-18(23)19(24)12-15)20(27)11-9-16-6-4-5-7-17(16)22/h4-8,10,12,14H,3,9,11,13H2,1-2H3,(H,25,28)/t14-/m1/s1. The molecule has 0 heterocycles. The second-order valence-electron chi connectivity index (χ2n) is 6.43. The Bertz CT molecular complexity index is 842. The summed E-state index contributed by atoms with van der Waals surface area (Å²) in [5.74, 6) is -0.335. The van der Waals surface area contributed by atoms with E-state index in [0.717, 1.165) is 11.1 Å². The minimum Gasteiger partial charge on any atom is -0.355 e. The predicted molar refractivity (Wildman–Crippen MR) is 115 cm³/mol. The maximum Gasteiger partial charge on any atom is 0.242 e. The van der Waals surface area contributed by atoms with Crippen molar-refractivity contribution in [3.63, 3.8) is 0 Å². The molecule has 7 heteroatoms.